The van der Waals surface area contributed by atoms with Crippen LogP contribution in [0.5, 0.6) is 5.75 Å². The van der Waals surface area contributed by atoms with Crippen molar-refractivity contribution in [2.45, 2.75) is 32.6 Å². The first-order valence-electron chi connectivity index (χ1n) is 6.72. The molecule has 4 nitrogen and oxygen atoms in total. The zero-order valence-electron chi connectivity index (χ0n) is 11.6. The van der Waals surface area contributed by atoms with Crippen molar-refractivity contribution in [3.8, 4) is 11.8 Å². The Morgan fingerprint density at radius 3 is 3.00 bits per heavy atom. The van der Waals surface area contributed by atoms with E-state index in [1.54, 1.807) is 6.07 Å². The molecule has 1 N–H and O–H groups in total. The van der Waals surface area contributed by atoms with Crippen LogP contribution < -0.4 is 10.1 Å². The van der Waals surface area contributed by atoms with Crippen molar-refractivity contribution < 1.29 is 9.53 Å². The van der Waals surface area contributed by atoms with E-state index in [2.05, 4.69) is 12.2 Å². The molecule has 1 aromatic carbocycles. The molecule has 0 aromatic heterocycles. The average Bonchev–Trinajstić information content (AvgIpc) is 2.41. The van der Waals surface area contributed by atoms with Crippen LogP contribution in [0.3, 0.4) is 0 Å². The normalized spacial score (nSPS) is 9.85. The zero-order valence-corrected chi connectivity index (χ0v) is 12.4. The molecule has 0 atom stereocenters. The Hall–Kier alpha value is -1.73. The second kappa shape index (κ2) is 9.22. The van der Waals surface area contributed by atoms with Crippen LogP contribution in [0, 0.1) is 11.3 Å². The summed E-state index contributed by atoms with van der Waals surface area (Å²) < 4.78 is 5.71. The van der Waals surface area contributed by atoms with Gasteiger partial charge >= 0.3 is 0 Å². The minimum atomic E-state index is -0.261. The molecule has 0 radical (unpaired) electrons. The van der Waals surface area contributed by atoms with Gasteiger partial charge in [-0.2, -0.15) is 5.26 Å². The monoisotopic (exact) mass is 294 g/mol. The quantitative estimate of drug-likeness (QED) is 0.749. The molecule has 0 aliphatic rings. The Balaban J connectivity index is 2.56. The number of benzene rings is 1. The average molecular weight is 295 g/mol. The van der Waals surface area contributed by atoms with Crippen molar-refractivity contribution >= 4 is 17.5 Å². The molecule has 108 valence electrons. The summed E-state index contributed by atoms with van der Waals surface area (Å²) in [5.74, 6) is 0.542. The van der Waals surface area contributed by atoms with E-state index in [0.29, 0.717) is 24.6 Å². The fourth-order valence-electron chi connectivity index (χ4n) is 1.68. The van der Waals surface area contributed by atoms with Crippen molar-refractivity contribution in [2.24, 2.45) is 0 Å². The van der Waals surface area contributed by atoms with Crippen LogP contribution in [0.2, 0.25) is 5.02 Å². The number of hydrogen-bond acceptors (Lipinski definition) is 3. The number of hydrogen-bond donors (Lipinski definition) is 1. The predicted octanol–water partition coefficient (Wildman–Crippen LogP) is 3.09. The number of unbranched alkanes of at least 4 members (excludes halogenated alkanes) is 1. The molecule has 5 heteroatoms. The standard InChI is InChI=1S/C15H19ClN2O2/c1-2-3-10-20-14-5-4-13(16)11-12(14)7-9-18-15(19)6-8-17/h4-5,11H,2-3,6-7,9-10H2,1H3,(H,18,19). The van der Waals surface area contributed by atoms with Crippen molar-refractivity contribution in [2.75, 3.05) is 13.2 Å². The summed E-state index contributed by atoms with van der Waals surface area (Å²) in [6.07, 6.45) is 2.59. The van der Waals surface area contributed by atoms with E-state index in [9.17, 15) is 4.79 Å². The molecular weight excluding hydrogens is 276 g/mol. The molecule has 1 aromatic rings. The van der Waals surface area contributed by atoms with Gasteiger partial charge in [0.15, 0.2) is 0 Å². The van der Waals surface area contributed by atoms with Crippen molar-refractivity contribution in [3.63, 3.8) is 0 Å². The minimum Gasteiger partial charge on any atom is -0.493 e. The van der Waals surface area contributed by atoms with Gasteiger partial charge in [0.1, 0.15) is 12.2 Å². The molecule has 1 amide bonds. The van der Waals surface area contributed by atoms with E-state index in [0.717, 1.165) is 24.2 Å². The van der Waals surface area contributed by atoms with Gasteiger partial charge in [0.2, 0.25) is 5.91 Å². The zero-order chi connectivity index (χ0) is 14.8. The topological polar surface area (TPSA) is 62.1 Å². The lowest BCUT2D eigenvalue weighted by molar-refractivity contribution is -0.120. The number of nitriles is 1. The van der Waals surface area contributed by atoms with Crippen molar-refractivity contribution in [1.29, 1.82) is 5.26 Å². The second-order valence-electron chi connectivity index (χ2n) is 4.39. The van der Waals surface area contributed by atoms with Gasteiger partial charge in [0, 0.05) is 11.6 Å². The lowest BCUT2D eigenvalue weighted by Gasteiger charge is -2.12. The second-order valence-corrected chi connectivity index (χ2v) is 4.83. The number of carbonyl (C=O) groups excluding carboxylic acids is 1. The highest BCUT2D eigenvalue weighted by atomic mass is 35.5. The molecule has 0 bridgehead atoms. The van der Waals surface area contributed by atoms with Gasteiger partial charge in [-0.3, -0.25) is 4.79 Å². The van der Waals surface area contributed by atoms with E-state index in [4.69, 9.17) is 21.6 Å². The number of ether oxygens (including phenoxy) is 1. The van der Waals surface area contributed by atoms with Crippen LogP contribution in [-0.2, 0) is 11.2 Å². The maximum atomic E-state index is 11.2. The number of carbonyl (C=O) groups is 1. The molecule has 0 saturated carbocycles. The molecule has 0 spiro atoms. The fraction of sp³-hybridized carbons (Fsp3) is 0.467. The molecule has 0 aliphatic heterocycles. The number of nitrogens with one attached hydrogen (secondary N) is 1. The first kappa shape index (κ1) is 16.3. The van der Waals surface area contributed by atoms with Crippen LogP contribution in [0.4, 0.5) is 0 Å². The molecular formula is C15H19ClN2O2. The van der Waals surface area contributed by atoms with E-state index in [1.807, 2.05) is 18.2 Å². The molecule has 0 saturated heterocycles. The SMILES string of the molecule is CCCCOc1ccc(Cl)cc1CCNC(=O)CC#N. The Kier molecular flexibility index (Phi) is 7.52. The molecule has 1 rings (SSSR count). The maximum absolute atomic E-state index is 11.2. The summed E-state index contributed by atoms with van der Waals surface area (Å²) in [4.78, 5) is 11.2. The molecule has 20 heavy (non-hydrogen) atoms. The van der Waals surface area contributed by atoms with Crippen LogP contribution >= 0.6 is 11.6 Å². The van der Waals surface area contributed by atoms with E-state index >= 15 is 0 Å². The first-order valence-corrected chi connectivity index (χ1v) is 7.10. The Morgan fingerprint density at radius 1 is 1.50 bits per heavy atom. The minimum absolute atomic E-state index is 0.116. The third kappa shape index (κ3) is 5.94. The largest absolute Gasteiger partial charge is 0.493 e. The van der Waals surface area contributed by atoms with Gasteiger partial charge in [-0.1, -0.05) is 24.9 Å². The summed E-state index contributed by atoms with van der Waals surface area (Å²) in [5, 5.41) is 11.7. The number of nitrogens with zero attached hydrogens (tertiary/aromatic N) is 1. The summed E-state index contributed by atoms with van der Waals surface area (Å²) in [6, 6.07) is 7.30. The van der Waals surface area contributed by atoms with Gasteiger partial charge in [-0.15, -0.1) is 0 Å². The Bertz CT molecular complexity index is 483. The van der Waals surface area contributed by atoms with Gasteiger partial charge in [-0.05, 0) is 36.6 Å². The van der Waals surface area contributed by atoms with E-state index in [-0.39, 0.29) is 12.3 Å². The lowest BCUT2D eigenvalue weighted by atomic mass is 10.1. The molecule has 0 aliphatic carbocycles. The third-order valence-corrected chi connectivity index (χ3v) is 2.97. The highest BCUT2D eigenvalue weighted by Gasteiger charge is 2.06. The van der Waals surface area contributed by atoms with Gasteiger partial charge in [-0.25, -0.2) is 0 Å². The maximum Gasteiger partial charge on any atom is 0.234 e. The van der Waals surface area contributed by atoms with E-state index < -0.39 is 0 Å². The fourth-order valence-corrected chi connectivity index (χ4v) is 1.88. The Morgan fingerprint density at radius 2 is 2.30 bits per heavy atom. The highest BCUT2D eigenvalue weighted by molar-refractivity contribution is 6.30. The van der Waals surface area contributed by atoms with Crippen molar-refractivity contribution in [1.82, 2.24) is 5.32 Å². The number of amides is 1. The highest BCUT2D eigenvalue weighted by Crippen LogP contribution is 2.23. The van der Waals surface area contributed by atoms with Gasteiger partial charge in [0.25, 0.3) is 0 Å². The van der Waals surface area contributed by atoms with E-state index in [1.165, 1.54) is 0 Å². The molecule has 0 heterocycles. The summed E-state index contributed by atoms with van der Waals surface area (Å²) >= 11 is 5.98. The molecule has 0 fully saturated rings. The summed E-state index contributed by atoms with van der Waals surface area (Å²) in [6.45, 7) is 3.24. The summed E-state index contributed by atoms with van der Waals surface area (Å²) in [7, 11) is 0. The van der Waals surface area contributed by atoms with Gasteiger partial charge in [0.05, 0.1) is 12.7 Å². The number of halogens is 1. The van der Waals surface area contributed by atoms with Crippen LogP contribution in [-0.4, -0.2) is 19.1 Å². The predicted molar refractivity (Wildman–Crippen MR) is 78.8 cm³/mol. The third-order valence-electron chi connectivity index (χ3n) is 2.73. The lowest BCUT2D eigenvalue weighted by Crippen LogP contribution is -2.25. The number of rotatable bonds is 8. The van der Waals surface area contributed by atoms with Crippen LogP contribution in [0.1, 0.15) is 31.7 Å². The summed E-state index contributed by atoms with van der Waals surface area (Å²) in [5.41, 5.74) is 0.964. The first-order chi connectivity index (χ1) is 9.67. The Labute approximate surface area is 124 Å². The smallest absolute Gasteiger partial charge is 0.234 e. The van der Waals surface area contributed by atoms with Crippen molar-refractivity contribution in [3.05, 3.63) is 28.8 Å². The van der Waals surface area contributed by atoms with Gasteiger partial charge < -0.3 is 10.1 Å². The van der Waals surface area contributed by atoms with Crippen LogP contribution in [0.25, 0.3) is 0 Å². The molecule has 0 unspecified atom stereocenters. The van der Waals surface area contributed by atoms with Crippen LogP contribution in [0.15, 0.2) is 18.2 Å².